The predicted molar refractivity (Wildman–Crippen MR) is 95.0 cm³/mol. The molecule has 0 N–H and O–H groups in total. The van der Waals surface area contributed by atoms with Crippen LogP contribution in [0.4, 0.5) is 0 Å². The first kappa shape index (κ1) is 17.1. The number of allylic oxidation sites excluding steroid dienone is 2. The maximum Gasteiger partial charge on any atom is -1.00 e. The largest absolute Gasteiger partial charge is 1.00 e. The summed E-state index contributed by atoms with van der Waals surface area (Å²) < 4.78 is 1.53. The first-order chi connectivity index (χ1) is 10.8. The Morgan fingerprint density at radius 2 is 1.22 bits per heavy atom. The van der Waals surface area contributed by atoms with E-state index in [0.717, 1.165) is 7.25 Å². The summed E-state index contributed by atoms with van der Waals surface area (Å²) in [5.41, 5.74) is 5.92. The van der Waals surface area contributed by atoms with E-state index in [4.69, 9.17) is 0 Å². The molecule has 0 radical (unpaired) electrons. The van der Waals surface area contributed by atoms with E-state index < -0.39 is 20.4 Å². The van der Waals surface area contributed by atoms with Gasteiger partial charge in [0, 0.05) is 0 Å². The van der Waals surface area contributed by atoms with Gasteiger partial charge < -0.3 is 13.8 Å². The molecule has 0 bridgehead atoms. The van der Waals surface area contributed by atoms with Crippen LogP contribution in [-0.4, -0.2) is 5.43 Å². The van der Waals surface area contributed by atoms with Crippen LogP contribution >= 0.6 is 0 Å². The predicted octanol–water partition coefficient (Wildman–Crippen LogP) is 2.51. The average Bonchev–Trinajstić information content (AvgIpc) is 3.13. The van der Waals surface area contributed by atoms with E-state index in [0.29, 0.717) is 0 Å². The van der Waals surface area contributed by atoms with Gasteiger partial charge in [0.15, 0.2) is 0 Å². The summed E-state index contributed by atoms with van der Waals surface area (Å²) in [4.78, 5) is 0. The van der Waals surface area contributed by atoms with Crippen LogP contribution in [-0.2, 0) is 20.4 Å². The smallest absolute Gasteiger partial charge is 1.00 e. The second-order valence-corrected chi connectivity index (χ2v) is 24.5. The van der Waals surface area contributed by atoms with E-state index >= 15 is 0 Å². The van der Waals surface area contributed by atoms with Crippen molar-refractivity contribution < 1.29 is 34.2 Å². The van der Waals surface area contributed by atoms with Crippen molar-refractivity contribution in [1.82, 2.24) is 0 Å². The van der Waals surface area contributed by atoms with Crippen LogP contribution in [0.5, 0.6) is 0 Å². The second kappa shape index (κ2) is 7.05. The molecule has 0 saturated heterocycles. The minimum atomic E-state index is -1.65. The van der Waals surface area contributed by atoms with Gasteiger partial charge in [-0.15, -0.1) is 0 Å². The Bertz CT molecular complexity index is 774. The molecule has 23 heavy (non-hydrogen) atoms. The maximum atomic E-state index is 2.56. The topological polar surface area (TPSA) is 0 Å². The average molecular weight is 416 g/mol. The van der Waals surface area contributed by atoms with Gasteiger partial charge >= 0.3 is 141 Å². The van der Waals surface area contributed by atoms with Crippen LogP contribution < -0.4 is 12.4 Å². The zero-order valence-corrected chi connectivity index (χ0v) is 17.7. The zero-order chi connectivity index (χ0) is 15.1. The minimum absolute atomic E-state index is 0. The molecule has 4 rings (SSSR count). The van der Waals surface area contributed by atoms with Crippen LogP contribution in [0.25, 0.3) is 12.2 Å². The summed E-state index contributed by atoms with van der Waals surface area (Å²) in [6.07, 6.45) is 9.81. The van der Waals surface area contributed by atoms with Crippen molar-refractivity contribution in [3.05, 3.63) is 82.9 Å². The van der Waals surface area contributed by atoms with Crippen molar-refractivity contribution in [3.8, 4) is 0 Å². The Labute approximate surface area is 154 Å². The van der Waals surface area contributed by atoms with Crippen molar-refractivity contribution >= 4 is 17.6 Å². The van der Waals surface area contributed by atoms with Crippen LogP contribution in [0.3, 0.4) is 0 Å². The standard InChI is InChI=1S/2C9H7.C2H6Si.ClH.Zr.H/c2*1-2-5-9-7-3-6-8(9)4-1;1-3-2;;;/h2*1-7H;1-2H3;1H;;/q;;;;+2;-1/p-1. The molecule has 0 amide bonds. The Morgan fingerprint density at radius 1 is 0.783 bits per heavy atom. The van der Waals surface area contributed by atoms with E-state index in [-0.39, 0.29) is 19.3 Å². The molecule has 0 aromatic heterocycles. The van der Waals surface area contributed by atoms with Gasteiger partial charge in [0.25, 0.3) is 0 Å². The van der Waals surface area contributed by atoms with Gasteiger partial charge in [-0.2, -0.15) is 0 Å². The Balaban J connectivity index is 0.00000104. The third-order valence-electron chi connectivity index (χ3n) is 4.85. The van der Waals surface area contributed by atoms with Crippen LogP contribution in [0.2, 0.25) is 13.1 Å². The molecule has 0 fully saturated rings. The molecular formula is C20H21ClSiZr. The fourth-order valence-electron chi connectivity index (χ4n) is 3.86. The normalized spacial score (nSPS) is 19.5. The van der Waals surface area contributed by atoms with E-state index in [2.05, 4.69) is 85.9 Å². The molecule has 0 spiro atoms. The molecule has 2 atom stereocenters. The Morgan fingerprint density at radius 3 is 1.65 bits per heavy atom. The van der Waals surface area contributed by atoms with Gasteiger partial charge in [-0.1, -0.05) is 0 Å². The molecule has 2 aromatic rings. The van der Waals surface area contributed by atoms with Gasteiger partial charge in [0.05, 0.1) is 0 Å². The molecule has 0 nitrogen and oxygen atoms in total. The van der Waals surface area contributed by atoms with Gasteiger partial charge in [-0.25, -0.2) is 0 Å². The van der Waals surface area contributed by atoms with Crippen LogP contribution in [0.15, 0.2) is 60.7 Å². The van der Waals surface area contributed by atoms with Crippen LogP contribution in [0, 0.1) is 0 Å². The van der Waals surface area contributed by atoms with E-state index in [1.807, 2.05) is 0 Å². The molecular weight excluding hydrogens is 395 g/mol. The molecule has 2 unspecified atom stereocenters. The summed E-state index contributed by atoms with van der Waals surface area (Å²) in [5.74, 6) is 0. The third-order valence-corrected chi connectivity index (χ3v) is 24.0. The zero-order valence-electron chi connectivity index (χ0n) is 14.5. The number of rotatable bonds is 2. The van der Waals surface area contributed by atoms with Crippen molar-refractivity contribution in [3.63, 3.8) is 0 Å². The Hall–Kier alpha value is -0.690. The monoisotopic (exact) mass is 414 g/mol. The van der Waals surface area contributed by atoms with Gasteiger partial charge in [0.2, 0.25) is 0 Å². The minimum Gasteiger partial charge on any atom is -1.00 e. The van der Waals surface area contributed by atoms with Crippen molar-refractivity contribution in [1.29, 1.82) is 0 Å². The molecule has 3 heteroatoms. The quantitative estimate of drug-likeness (QED) is 0.661. The second-order valence-electron chi connectivity index (χ2n) is 6.39. The fraction of sp³-hybridized carbons (Fsp3) is 0.200. The van der Waals surface area contributed by atoms with Gasteiger partial charge in [0.1, 0.15) is 0 Å². The van der Waals surface area contributed by atoms with Gasteiger partial charge in [-0.3, -0.25) is 0 Å². The summed E-state index contributed by atoms with van der Waals surface area (Å²) in [6.45, 7) is 5.12. The molecule has 2 aliphatic carbocycles. The number of hydrogen-bond donors (Lipinski definition) is 0. The molecule has 2 aromatic carbocycles. The van der Waals surface area contributed by atoms with Crippen molar-refractivity contribution in [2.45, 2.75) is 20.3 Å². The third kappa shape index (κ3) is 3.02. The van der Waals surface area contributed by atoms with Gasteiger partial charge in [-0.05, 0) is 0 Å². The summed E-state index contributed by atoms with van der Waals surface area (Å²) >= 11 is -1.65. The number of halogens is 1. The maximum absolute atomic E-state index is 2.56. The van der Waals surface area contributed by atoms with Crippen LogP contribution in [0.1, 0.15) is 30.9 Å². The van der Waals surface area contributed by atoms with E-state index in [1.54, 1.807) is 11.1 Å². The molecule has 116 valence electrons. The molecule has 0 heterocycles. The fourth-order valence-corrected chi connectivity index (χ4v) is 22.6. The molecule has 0 saturated carbocycles. The number of hydrogen-bond acceptors (Lipinski definition) is 0. The number of fused-ring (bicyclic) bond motifs is 2. The SMILES string of the molecule is C[Si](C)=[Zr+2]([CH]1C=Cc2ccccc21)[CH]1C=Cc2ccccc21.[Cl-].[H-]. The molecule has 0 aliphatic heterocycles. The summed E-state index contributed by atoms with van der Waals surface area (Å²) in [6, 6.07) is 18.1. The first-order valence-electron chi connectivity index (χ1n) is 7.97. The number of benzene rings is 2. The van der Waals surface area contributed by atoms with E-state index in [1.165, 1.54) is 11.1 Å². The molecule has 2 aliphatic rings. The van der Waals surface area contributed by atoms with E-state index in [9.17, 15) is 0 Å². The summed E-state index contributed by atoms with van der Waals surface area (Å²) in [5, 5.41) is 0. The first-order valence-corrected chi connectivity index (χ1v) is 17.0. The summed E-state index contributed by atoms with van der Waals surface area (Å²) in [7, 11) is 0. The Kier molecular flexibility index (Phi) is 5.26. The van der Waals surface area contributed by atoms with Crippen molar-refractivity contribution in [2.75, 3.05) is 0 Å². The van der Waals surface area contributed by atoms with Crippen molar-refractivity contribution in [2.24, 2.45) is 0 Å².